The Morgan fingerprint density at radius 2 is 1.95 bits per heavy atom. The van der Waals surface area contributed by atoms with Crippen molar-refractivity contribution in [2.75, 3.05) is 20.7 Å². The largest absolute Gasteiger partial charge is 0.496 e. The van der Waals surface area contributed by atoms with Crippen LogP contribution in [0.1, 0.15) is 22.5 Å². The van der Waals surface area contributed by atoms with Crippen molar-refractivity contribution < 1.29 is 13.5 Å². The van der Waals surface area contributed by atoms with Crippen molar-refractivity contribution in [2.24, 2.45) is 0 Å². The van der Waals surface area contributed by atoms with Crippen molar-refractivity contribution in [3.05, 3.63) is 46.3 Å². The summed E-state index contributed by atoms with van der Waals surface area (Å²) in [5, 5.41) is 7.11. The van der Waals surface area contributed by atoms with Crippen LogP contribution in [0.15, 0.2) is 12.1 Å². The first-order chi connectivity index (χ1) is 10.4. The fourth-order valence-electron chi connectivity index (χ4n) is 2.51. The van der Waals surface area contributed by atoms with E-state index in [4.69, 9.17) is 4.74 Å². The van der Waals surface area contributed by atoms with Crippen LogP contribution in [0.2, 0.25) is 0 Å². The van der Waals surface area contributed by atoms with Crippen LogP contribution in [0.4, 0.5) is 8.78 Å². The van der Waals surface area contributed by atoms with Crippen LogP contribution in [0.25, 0.3) is 0 Å². The fourth-order valence-corrected chi connectivity index (χ4v) is 2.51. The summed E-state index contributed by atoms with van der Waals surface area (Å²) in [5.41, 5.74) is 3.42. The number of nitrogens with one attached hydrogen (secondary N) is 1. The summed E-state index contributed by atoms with van der Waals surface area (Å²) < 4.78 is 32.5. The minimum Gasteiger partial charge on any atom is -0.496 e. The smallest absolute Gasteiger partial charge is 0.167 e. The number of rotatable bonds is 6. The van der Waals surface area contributed by atoms with Crippen molar-refractivity contribution in [3.8, 4) is 5.75 Å². The number of benzene rings is 1. The SMILES string of the molecule is COc1ccc(F)c(F)c1CN(C)CCc1c(C)n[nH]c1C. The van der Waals surface area contributed by atoms with Crippen LogP contribution in [0.5, 0.6) is 5.75 Å². The van der Waals surface area contributed by atoms with Gasteiger partial charge in [-0.25, -0.2) is 8.78 Å². The summed E-state index contributed by atoms with van der Waals surface area (Å²) in [5.74, 6) is -1.34. The van der Waals surface area contributed by atoms with Gasteiger partial charge in [-0.1, -0.05) is 0 Å². The van der Waals surface area contributed by atoms with Gasteiger partial charge in [-0.3, -0.25) is 5.10 Å². The van der Waals surface area contributed by atoms with E-state index in [1.54, 1.807) is 0 Å². The lowest BCUT2D eigenvalue weighted by atomic mass is 10.1. The summed E-state index contributed by atoms with van der Waals surface area (Å²) in [6, 6.07) is 2.53. The van der Waals surface area contributed by atoms with Gasteiger partial charge in [0.25, 0.3) is 0 Å². The molecule has 1 aromatic heterocycles. The number of H-pyrrole nitrogens is 1. The lowest BCUT2D eigenvalue weighted by Crippen LogP contribution is -2.22. The van der Waals surface area contributed by atoms with Crippen LogP contribution in [0, 0.1) is 25.5 Å². The van der Waals surface area contributed by atoms with E-state index in [1.165, 1.54) is 18.7 Å². The number of halogens is 2. The minimum atomic E-state index is -0.856. The van der Waals surface area contributed by atoms with Crippen LogP contribution in [-0.2, 0) is 13.0 Å². The molecule has 0 saturated heterocycles. The Bertz CT molecular complexity index is 636. The summed E-state index contributed by atoms with van der Waals surface area (Å²) >= 11 is 0. The first-order valence-electron chi connectivity index (χ1n) is 7.14. The van der Waals surface area contributed by atoms with E-state index in [2.05, 4.69) is 10.2 Å². The van der Waals surface area contributed by atoms with E-state index in [1.807, 2.05) is 25.8 Å². The molecule has 1 heterocycles. The molecule has 2 rings (SSSR count). The molecule has 0 bridgehead atoms. The molecule has 0 fully saturated rings. The Balaban J connectivity index is 2.06. The van der Waals surface area contributed by atoms with E-state index in [-0.39, 0.29) is 12.1 Å². The average Bonchev–Trinajstić information content (AvgIpc) is 2.81. The third-order valence-electron chi connectivity index (χ3n) is 3.83. The van der Waals surface area contributed by atoms with Gasteiger partial charge in [-0.15, -0.1) is 0 Å². The maximum Gasteiger partial charge on any atom is 0.167 e. The molecular formula is C16H21F2N3O. The van der Waals surface area contributed by atoms with E-state index in [9.17, 15) is 8.78 Å². The number of aromatic nitrogens is 2. The summed E-state index contributed by atoms with van der Waals surface area (Å²) in [7, 11) is 3.32. The maximum atomic E-state index is 14.0. The number of hydrogen-bond donors (Lipinski definition) is 1. The number of nitrogens with zero attached hydrogens (tertiary/aromatic N) is 2. The molecule has 0 unspecified atom stereocenters. The Kier molecular flexibility index (Phi) is 5.13. The molecule has 6 heteroatoms. The van der Waals surface area contributed by atoms with Gasteiger partial charge < -0.3 is 9.64 Å². The second kappa shape index (κ2) is 6.87. The molecule has 1 aromatic carbocycles. The van der Waals surface area contributed by atoms with E-state index >= 15 is 0 Å². The lowest BCUT2D eigenvalue weighted by molar-refractivity contribution is 0.310. The molecule has 22 heavy (non-hydrogen) atoms. The summed E-state index contributed by atoms with van der Waals surface area (Å²) in [4.78, 5) is 1.94. The predicted octanol–water partition coefficient (Wildman–Crippen LogP) is 2.99. The second-order valence-electron chi connectivity index (χ2n) is 5.44. The summed E-state index contributed by atoms with van der Waals surface area (Å²) in [6.45, 7) is 4.92. The number of methoxy groups -OCH3 is 1. The Labute approximate surface area is 129 Å². The monoisotopic (exact) mass is 309 g/mol. The third-order valence-corrected chi connectivity index (χ3v) is 3.83. The molecule has 0 saturated carbocycles. The van der Waals surface area contributed by atoms with E-state index < -0.39 is 11.6 Å². The van der Waals surface area contributed by atoms with Gasteiger partial charge in [0.15, 0.2) is 11.6 Å². The van der Waals surface area contributed by atoms with Crippen molar-refractivity contribution in [1.82, 2.24) is 15.1 Å². The van der Waals surface area contributed by atoms with Gasteiger partial charge in [0.2, 0.25) is 0 Å². The zero-order chi connectivity index (χ0) is 16.3. The molecule has 1 N–H and O–H groups in total. The number of hydrogen-bond acceptors (Lipinski definition) is 3. The number of aromatic amines is 1. The molecule has 0 aliphatic carbocycles. The van der Waals surface area contributed by atoms with Crippen molar-refractivity contribution in [1.29, 1.82) is 0 Å². The van der Waals surface area contributed by atoms with Crippen molar-refractivity contribution in [2.45, 2.75) is 26.8 Å². The van der Waals surface area contributed by atoms with E-state index in [0.29, 0.717) is 12.3 Å². The maximum absolute atomic E-state index is 14.0. The van der Waals surface area contributed by atoms with Gasteiger partial charge in [0.05, 0.1) is 12.8 Å². The van der Waals surface area contributed by atoms with Crippen molar-refractivity contribution in [3.63, 3.8) is 0 Å². The van der Waals surface area contributed by atoms with Crippen molar-refractivity contribution >= 4 is 0 Å². The molecule has 120 valence electrons. The number of ether oxygens (including phenoxy) is 1. The highest BCUT2D eigenvalue weighted by Gasteiger charge is 2.16. The Morgan fingerprint density at radius 3 is 2.55 bits per heavy atom. The van der Waals surface area contributed by atoms with Gasteiger partial charge >= 0.3 is 0 Å². The highest BCUT2D eigenvalue weighted by atomic mass is 19.2. The van der Waals surface area contributed by atoms with Crippen LogP contribution < -0.4 is 4.74 Å². The average molecular weight is 309 g/mol. The standard InChI is InChI=1S/C16H21F2N3O/c1-10-12(11(2)20-19-10)7-8-21(3)9-13-15(22-4)6-5-14(17)16(13)18/h5-6H,7-9H2,1-4H3,(H,19,20). The molecule has 0 aliphatic heterocycles. The van der Waals surface area contributed by atoms with Gasteiger partial charge in [-0.2, -0.15) is 5.10 Å². The molecule has 0 amide bonds. The summed E-state index contributed by atoms with van der Waals surface area (Å²) in [6.07, 6.45) is 0.796. The number of likely N-dealkylation sites (N-methyl/N-ethyl adjacent to an activating group) is 1. The second-order valence-corrected chi connectivity index (χ2v) is 5.44. The van der Waals surface area contributed by atoms with Crippen LogP contribution in [-0.4, -0.2) is 35.8 Å². The molecule has 2 aromatic rings. The molecule has 0 spiro atoms. The molecular weight excluding hydrogens is 288 g/mol. The predicted molar refractivity (Wildman–Crippen MR) is 81.0 cm³/mol. The molecule has 4 nitrogen and oxygen atoms in total. The van der Waals surface area contributed by atoms with Crippen LogP contribution >= 0.6 is 0 Å². The van der Waals surface area contributed by atoms with Gasteiger partial charge in [0.1, 0.15) is 5.75 Å². The Morgan fingerprint density at radius 1 is 1.23 bits per heavy atom. The first-order valence-corrected chi connectivity index (χ1v) is 7.14. The van der Waals surface area contributed by atoms with Gasteiger partial charge in [0, 0.05) is 24.3 Å². The third kappa shape index (κ3) is 3.44. The Hall–Kier alpha value is -1.95. The molecule has 0 aliphatic rings. The zero-order valence-electron chi connectivity index (χ0n) is 13.3. The quantitative estimate of drug-likeness (QED) is 0.892. The highest BCUT2D eigenvalue weighted by Crippen LogP contribution is 2.25. The molecule has 0 atom stereocenters. The highest BCUT2D eigenvalue weighted by molar-refractivity contribution is 5.35. The zero-order valence-corrected chi connectivity index (χ0v) is 13.3. The van der Waals surface area contributed by atoms with E-state index in [0.717, 1.165) is 23.9 Å². The normalized spacial score (nSPS) is 11.2. The fraction of sp³-hybridized carbons (Fsp3) is 0.438. The molecule has 0 radical (unpaired) electrons. The number of aryl methyl sites for hydroxylation is 2. The van der Waals surface area contributed by atoms with Gasteiger partial charge in [-0.05, 0) is 45.0 Å². The minimum absolute atomic E-state index is 0.241. The first kappa shape index (κ1) is 16.4. The topological polar surface area (TPSA) is 41.1 Å². The van der Waals surface area contributed by atoms with Crippen LogP contribution in [0.3, 0.4) is 0 Å². The lowest BCUT2D eigenvalue weighted by Gasteiger charge is -2.19.